The summed E-state index contributed by atoms with van der Waals surface area (Å²) in [5.41, 5.74) is 1.39. The molecule has 3 rings (SSSR count). The molecule has 0 fully saturated rings. The first-order valence-corrected chi connectivity index (χ1v) is 7.33. The van der Waals surface area contributed by atoms with E-state index in [2.05, 4.69) is 15.9 Å². The zero-order valence-corrected chi connectivity index (χ0v) is 12.8. The summed E-state index contributed by atoms with van der Waals surface area (Å²) in [5, 5.41) is 0. The second-order valence-electron chi connectivity index (χ2n) is 4.56. The first-order valence-electron chi connectivity index (χ1n) is 6.53. The molecule has 0 saturated heterocycles. The summed E-state index contributed by atoms with van der Waals surface area (Å²) in [7, 11) is 0. The Labute approximate surface area is 130 Å². The molecule has 0 atom stereocenters. The zero-order chi connectivity index (χ0) is 14.7. The normalized spacial score (nSPS) is 12.8. The largest absolute Gasteiger partial charge is 0.486 e. The van der Waals surface area contributed by atoms with Gasteiger partial charge in [-0.25, -0.2) is 4.79 Å². The smallest absolute Gasteiger partial charge is 0.338 e. The maximum absolute atomic E-state index is 12.0. The van der Waals surface area contributed by atoms with Crippen molar-refractivity contribution in [2.45, 2.75) is 6.61 Å². The Bertz CT molecular complexity index is 652. The van der Waals surface area contributed by atoms with Gasteiger partial charge in [0.05, 0.1) is 5.56 Å². The molecule has 2 aromatic rings. The molecule has 4 nitrogen and oxygen atoms in total. The van der Waals surface area contributed by atoms with Gasteiger partial charge in [-0.05, 0) is 35.9 Å². The number of carbonyl (C=O) groups excluding carboxylic acids is 1. The molecule has 0 aliphatic carbocycles. The van der Waals surface area contributed by atoms with Crippen LogP contribution < -0.4 is 9.47 Å². The van der Waals surface area contributed by atoms with Gasteiger partial charge in [-0.2, -0.15) is 0 Å². The lowest BCUT2D eigenvalue weighted by atomic mass is 10.2. The van der Waals surface area contributed by atoms with E-state index in [9.17, 15) is 4.79 Å². The van der Waals surface area contributed by atoms with Crippen LogP contribution in [0, 0.1) is 0 Å². The quantitative estimate of drug-likeness (QED) is 0.795. The summed E-state index contributed by atoms with van der Waals surface area (Å²) in [6.45, 7) is 1.26. The average Bonchev–Trinajstić information content (AvgIpc) is 2.53. The van der Waals surface area contributed by atoms with Crippen LogP contribution in [0.2, 0.25) is 0 Å². The maximum atomic E-state index is 12.0. The standard InChI is InChI=1S/C16H13BrO4/c17-13-4-1-11(2-5-13)10-21-16(18)12-3-6-14-15(9-12)20-8-7-19-14/h1-6,9H,7-8,10H2. The maximum Gasteiger partial charge on any atom is 0.338 e. The van der Waals surface area contributed by atoms with Crippen molar-refractivity contribution in [2.24, 2.45) is 0 Å². The van der Waals surface area contributed by atoms with E-state index in [4.69, 9.17) is 14.2 Å². The predicted molar refractivity (Wildman–Crippen MR) is 80.7 cm³/mol. The molecule has 1 aliphatic rings. The van der Waals surface area contributed by atoms with Crippen LogP contribution in [-0.4, -0.2) is 19.2 Å². The predicted octanol–water partition coefficient (Wildman–Crippen LogP) is 3.58. The number of ether oxygens (including phenoxy) is 3. The minimum absolute atomic E-state index is 0.237. The van der Waals surface area contributed by atoms with Crippen LogP contribution >= 0.6 is 15.9 Å². The molecule has 0 aromatic heterocycles. The Hall–Kier alpha value is -2.01. The van der Waals surface area contributed by atoms with Gasteiger partial charge in [0.25, 0.3) is 0 Å². The Morgan fingerprint density at radius 2 is 1.76 bits per heavy atom. The third kappa shape index (κ3) is 3.36. The molecule has 0 bridgehead atoms. The Kier molecular flexibility index (Phi) is 4.10. The van der Waals surface area contributed by atoms with Crippen molar-refractivity contribution in [1.82, 2.24) is 0 Å². The summed E-state index contributed by atoms with van der Waals surface area (Å²) in [4.78, 5) is 12.0. The van der Waals surface area contributed by atoms with Crippen LogP contribution in [-0.2, 0) is 11.3 Å². The van der Waals surface area contributed by atoms with Crippen LogP contribution in [0.3, 0.4) is 0 Å². The van der Waals surface area contributed by atoms with E-state index in [1.54, 1.807) is 18.2 Å². The van der Waals surface area contributed by atoms with Crippen LogP contribution in [0.4, 0.5) is 0 Å². The number of hydrogen-bond acceptors (Lipinski definition) is 4. The summed E-state index contributed by atoms with van der Waals surface area (Å²) in [6.07, 6.45) is 0. The van der Waals surface area contributed by atoms with Crippen molar-refractivity contribution in [1.29, 1.82) is 0 Å². The van der Waals surface area contributed by atoms with Crippen LogP contribution in [0.25, 0.3) is 0 Å². The minimum atomic E-state index is -0.380. The fraction of sp³-hybridized carbons (Fsp3) is 0.188. The van der Waals surface area contributed by atoms with Crippen molar-refractivity contribution < 1.29 is 19.0 Å². The molecule has 0 saturated carbocycles. The summed E-state index contributed by atoms with van der Waals surface area (Å²) >= 11 is 3.36. The van der Waals surface area contributed by atoms with Crippen LogP contribution in [0.15, 0.2) is 46.9 Å². The van der Waals surface area contributed by atoms with E-state index in [1.165, 1.54) is 0 Å². The molecule has 1 aliphatic heterocycles. The van der Waals surface area contributed by atoms with Gasteiger partial charge in [0.15, 0.2) is 11.5 Å². The van der Waals surface area contributed by atoms with E-state index >= 15 is 0 Å². The Morgan fingerprint density at radius 3 is 2.52 bits per heavy atom. The summed E-state index contributed by atoms with van der Waals surface area (Å²) in [6, 6.07) is 12.7. The van der Waals surface area contributed by atoms with Gasteiger partial charge < -0.3 is 14.2 Å². The van der Waals surface area contributed by atoms with Crippen LogP contribution in [0.1, 0.15) is 15.9 Å². The SMILES string of the molecule is O=C(OCc1ccc(Br)cc1)c1ccc2c(c1)OCCO2. The highest BCUT2D eigenvalue weighted by atomic mass is 79.9. The first kappa shape index (κ1) is 13.9. The molecule has 108 valence electrons. The van der Waals surface area contributed by atoms with E-state index in [1.807, 2.05) is 24.3 Å². The number of carbonyl (C=O) groups is 1. The number of benzene rings is 2. The van der Waals surface area contributed by atoms with Crippen molar-refractivity contribution in [3.63, 3.8) is 0 Å². The van der Waals surface area contributed by atoms with E-state index in [0.717, 1.165) is 10.0 Å². The van der Waals surface area contributed by atoms with E-state index in [0.29, 0.717) is 30.3 Å². The van der Waals surface area contributed by atoms with E-state index in [-0.39, 0.29) is 12.6 Å². The first-order chi connectivity index (χ1) is 10.2. The molecule has 0 unspecified atom stereocenters. The van der Waals surface area contributed by atoms with Gasteiger partial charge in [-0.15, -0.1) is 0 Å². The summed E-state index contributed by atoms with van der Waals surface area (Å²) < 4.78 is 17.2. The van der Waals surface area contributed by atoms with Crippen molar-refractivity contribution in [3.8, 4) is 11.5 Å². The number of fused-ring (bicyclic) bond motifs is 1. The Balaban J connectivity index is 1.66. The third-order valence-corrected chi connectivity index (χ3v) is 3.59. The molecule has 1 heterocycles. The lowest BCUT2D eigenvalue weighted by molar-refractivity contribution is 0.0471. The van der Waals surface area contributed by atoms with Crippen molar-refractivity contribution >= 4 is 21.9 Å². The highest BCUT2D eigenvalue weighted by Gasteiger charge is 2.15. The fourth-order valence-electron chi connectivity index (χ4n) is 1.98. The average molecular weight is 349 g/mol. The van der Waals surface area contributed by atoms with E-state index < -0.39 is 0 Å². The molecule has 0 amide bonds. The highest BCUT2D eigenvalue weighted by molar-refractivity contribution is 9.10. The van der Waals surface area contributed by atoms with Gasteiger partial charge >= 0.3 is 5.97 Å². The monoisotopic (exact) mass is 348 g/mol. The zero-order valence-electron chi connectivity index (χ0n) is 11.2. The number of hydrogen-bond donors (Lipinski definition) is 0. The van der Waals surface area contributed by atoms with Gasteiger partial charge in [-0.3, -0.25) is 0 Å². The number of halogens is 1. The molecule has 0 radical (unpaired) electrons. The second kappa shape index (κ2) is 6.18. The second-order valence-corrected chi connectivity index (χ2v) is 5.48. The fourth-order valence-corrected chi connectivity index (χ4v) is 2.25. The molecule has 0 spiro atoms. The summed E-state index contributed by atoms with van der Waals surface area (Å²) in [5.74, 6) is 0.861. The number of rotatable bonds is 3. The Morgan fingerprint density at radius 1 is 1.05 bits per heavy atom. The molecule has 0 N–H and O–H groups in total. The topological polar surface area (TPSA) is 44.8 Å². The lowest BCUT2D eigenvalue weighted by Gasteiger charge is -2.18. The molecule has 5 heteroatoms. The minimum Gasteiger partial charge on any atom is -0.486 e. The molecule has 2 aromatic carbocycles. The van der Waals surface area contributed by atoms with Gasteiger partial charge in [0.2, 0.25) is 0 Å². The molecular weight excluding hydrogens is 336 g/mol. The van der Waals surface area contributed by atoms with Crippen molar-refractivity contribution in [2.75, 3.05) is 13.2 Å². The number of esters is 1. The van der Waals surface area contributed by atoms with Gasteiger partial charge in [-0.1, -0.05) is 28.1 Å². The van der Waals surface area contributed by atoms with Crippen LogP contribution in [0.5, 0.6) is 11.5 Å². The third-order valence-electron chi connectivity index (χ3n) is 3.06. The van der Waals surface area contributed by atoms with Gasteiger partial charge in [0, 0.05) is 4.47 Å². The highest BCUT2D eigenvalue weighted by Crippen LogP contribution is 2.31. The molecule has 21 heavy (non-hydrogen) atoms. The lowest BCUT2D eigenvalue weighted by Crippen LogP contribution is -2.16. The van der Waals surface area contributed by atoms with Crippen molar-refractivity contribution in [3.05, 3.63) is 58.1 Å². The molecular formula is C16H13BrO4. The van der Waals surface area contributed by atoms with Gasteiger partial charge in [0.1, 0.15) is 19.8 Å².